The van der Waals surface area contributed by atoms with Crippen LogP contribution in [0.3, 0.4) is 0 Å². The summed E-state index contributed by atoms with van der Waals surface area (Å²) in [7, 11) is 0. The second-order valence-electron chi connectivity index (χ2n) is 9.50. The van der Waals surface area contributed by atoms with Crippen LogP contribution in [0.4, 0.5) is 4.39 Å². The van der Waals surface area contributed by atoms with Gasteiger partial charge in [0.05, 0.1) is 17.3 Å². The molecule has 0 aliphatic rings. The number of carbonyl (C=O) groups excluding carboxylic acids is 1. The van der Waals surface area contributed by atoms with Gasteiger partial charge in [0.25, 0.3) is 5.91 Å². The van der Waals surface area contributed by atoms with Crippen LogP contribution in [0.1, 0.15) is 85.5 Å². The Morgan fingerprint density at radius 1 is 1.21 bits per heavy atom. The Morgan fingerprint density at radius 2 is 1.92 bits per heavy atom. The molecule has 4 N–H and O–H groups in total. The quantitative estimate of drug-likeness (QED) is 0.158. The lowest BCUT2D eigenvalue weighted by molar-refractivity contribution is -0.0440. The molecule has 39 heavy (non-hydrogen) atoms. The first-order chi connectivity index (χ1) is 18.7. The zero-order chi connectivity index (χ0) is 28.5. The number of hydrogen-bond donors (Lipinski definition) is 4. The van der Waals surface area contributed by atoms with Crippen LogP contribution in [0.2, 0.25) is 0 Å². The number of nitrogens with zero attached hydrogens (tertiary/aromatic N) is 2. The van der Waals surface area contributed by atoms with Crippen molar-refractivity contribution in [2.24, 2.45) is 0 Å². The van der Waals surface area contributed by atoms with E-state index in [9.17, 15) is 14.4 Å². The maximum absolute atomic E-state index is 14.8. The van der Waals surface area contributed by atoms with E-state index in [2.05, 4.69) is 22.4 Å². The van der Waals surface area contributed by atoms with Gasteiger partial charge in [-0.2, -0.15) is 10.4 Å². The third kappa shape index (κ3) is 7.54. The number of aromatic nitrogens is 2. The van der Waals surface area contributed by atoms with E-state index in [1.54, 1.807) is 18.2 Å². The lowest BCUT2D eigenvalue weighted by Gasteiger charge is -2.28. The van der Waals surface area contributed by atoms with E-state index in [1.807, 2.05) is 44.2 Å². The molecule has 1 amide bonds. The third-order valence-corrected chi connectivity index (χ3v) is 7.12. The van der Waals surface area contributed by atoms with Gasteiger partial charge in [-0.15, -0.1) is 0 Å². The summed E-state index contributed by atoms with van der Waals surface area (Å²) in [6.45, 7) is 6.20. The summed E-state index contributed by atoms with van der Waals surface area (Å²) < 4.78 is 14.8. The number of rotatable bonds is 12. The summed E-state index contributed by atoms with van der Waals surface area (Å²) >= 11 is 6.30. The Hall–Kier alpha value is -3.51. The van der Waals surface area contributed by atoms with Gasteiger partial charge >= 0.3 is 0 Å². The SMILES string of the molecule is CCCC(c1ccc(C(=O)NCCC(O)O)cc1)C(/C(C)=C/C=C(/Cl)CC)c1[nH]nc2c(F)cc(C#N)cc12. The molecule has 0 spiro atoms. The number of aromatic amines is 1. The van der Waals surface area contributed by atoms with Gasteiger partial charge in [-0.3, -0.25) is 9.89 Å². The maximum Gasteiger partial charge on any atom is 0.251 e. The second-order valence-corrected chi connectivity index (χ2v) is 9.99. The Morgan fingerprint density at radius 3 is 2.54 bits per heavy atom. The topological polar surface area (TPSA) is 122 Å². The van der Waals surface area contributed by atoms with Crippen LogP contribution < -0.4 is 5.32 Å². The van der Waals surface area contributed by atoms with Crippen molar-refractivity contribution < 1.29 is 19.4 Å². The summed E-state index contributed by atoms with van der Waals surface area (Å²) in [4.78, 5) is 12.5. The van der Waals surface area contributed by atoms with Crippen LogP contribution in [0.25, 0.3) is 10.9 Å². The van der Waals surface area contributed by atoms with Gasteiger partial charge < -0.3 is 15.5 Å². The first kappa shape index (κ1) is 30.0. The number of benzene rings is 2. The fourth-order valence-corrected chi connectivity index (χ4v) is 4.78. The molecule has 9 heteroatoms. The highest BCUT2D eigenvalue weighted by Gasteiger charge is 2.30. The highest BCUT2D eigenvalue weighted by Crippen LogP contribution is 2.43. The predicted molar refractivity (Wildman–Crippen MR) is 151 cm³/mol. The number of aliphatic hydroxyl groups is 2. The molecular formula is C30H34ClFN4O3. The van der Waals surface area contributed by atoms with Crippen molar-refractivity contribution in [3.63, 3.8) is 0 Å². The fraction of sp³-hybridized carbons (Fsp3) is 0.367. The molecule has 0 radical (unpaired) electrons. The van der Waals surface area contributed by atoms with Gasteiger partial charge in [0.1, 0.15) is 5.52 Å². The molecule has 1 heterocycles. The summed E-state index contributed by atoms with van der Waals surface area (Å²) in [6, 6.07) is 12.2. The zero-order valence-corrected chi connectivity index (χ0v) is 23.1. The number of nitriles is 1. The number of fused-ring (bicyclic) bond motifs is 1. The first-order valence-electron chi connectivity index (χ1n) is 13.0. The van der Waals surface area contributed by atoms with E-state index in [0.717, 1.165) is 24.0 Å². The highest BCUT2D eigenvalue weighted by molar-refractivity contribution is 6.29. The molecule has 2 atom stereocenters. The molecule has 0 saturated heterocycles. The minimum Gasteiger partial charge on any atom is -0.368 e. The molecule has 1 aromatic heterocycles. The summed E-state index contributed by atoms with van der Waals surface area (Å²) in [5, 5.41) is 38.7. The molecular weight excluding hydrogens is 519 g/mol. The molecule has 206 valence electrons. The number of aliphatic hydroxyl groups excluding tert-OH is 1. The highest BCUT2D eigenvalue weighted by atomic mass is 35.5. The van der Waals surface area contributed by atoms with Gasteiger partial charge in [-0.25, -0.2) is 4.39 Å². The van der Waals surface area contributed by atoms with Crippen LogP contribution in [-0.4, -0.2) is 39.2 Å². The number of amides is 1. The number of nitrogens with one attached hydrogen (secondary N) is 2. The average molecular weight is 553 g/mol. The molecule has 0 fully saturated rings. The van der Waals surface area contributed by atoms with Gasteiger partial charge in [-0.1, -0.05) is 55.7 Å². The second kappa shape index (κ2) is 14.0. The van der Waals surface area contributed by atoms with E-state index in [4.69, 9.17) is 21.8 Å². The minimum absolute atomic E-state index is 0.0401. The van der Waals surface area contributed by atoms with Crippen molar-refractivity contribution in [3.8, 4) is 6.07 Å². The molecule has 3 rings (SSSR count). The van der Waals surface area contributed by atoms with E-state index in [1.165, 1.54) is 6.07 Å². The Kier molecular flexibility index (Phi) is 10.8. The normalized spacial score (nSPS) is 13.9. The lowest BCUT2D eigenvalue weighted by atomic mass is 9.76. The summed E-state index contributed by atoms with van der Waals surface area (Å²) in [5.74, 6) is -1.16. The maximum atomic E-state index is 14.8. The van der Waals surface area contributed by atoms with Gasteiger partial charge in [0.15, 0.2) is 12.1 Å². The average Bonchev–Trinajstić information content (AvgIpc) is 3.35. The molecule has 0 saturated carbocycles. The number of allylic oxidation sites excluding steroid dienone is 4. The van der Waals surface area contributed by atoms with E-state index in [-0.39, 0.29) is 41.8 Å². The lowest BCUT2D eigenvalue weighted by Crippen LogP contribution is -2.27. The molecule has 0 aliphatic heterocycles. The zero-order valence-electron chi connectivity index (χ0n) is 22.3. The van der Waals surface area contributed by atoms with Gasteiger partial charge in [-0.05, 0) is 61.6 Å². The van der Waals surface area contributed by atoms with Crippen LogP contribution in [-0.2, 0) is 0 Å². The molecule has 7 nitrogen and oxygen atoms in total. The minimum atomic E-state index is -1.48. The monoisotopic (exact) mass is 552 g/mol. The molecule has 2 aromatic carbocycles. The Bertz CT molecular complexity index is 1390. The first-order valence-corrected chi connectivity index (χ1v) is 13.4. The van der Waals surface area contributed by atoms with E-state index < -0.39 is 12.1 Å². The number of hydrogen-bond acceptors (Lipinski definition) is 5. The predicted octanol–water partition coefficient (Wildman–Crippen LogP) is 6.15. The summed E-state index contributed by atoms with van der Waals surface area (Å²) in [5.41, 5.74) is 3.53. The number of H-pyrrole nitrogens is 1. The van der Waals surface area contributed by atoms with Gasteiger partial charge in [0, 0.05) is 34.9 Å². The van der Waals surface area contributed by atoms with E-state index >= 15 is 0 Å². The van der Waals surface area contributed by atoms with Crippen LogP contribution in [0.15, 0.2) is 59.2 Å². The largest absolute Gasteiger partial charge is 0.368 e. The summed E-state index contributed by atoms with van der Waals surface area (Å²) in [6.07, 6.45) is 4.75. The molecule has 0 bridgehead atoms. The van der Waals surface area contributed by atoms with Crippen molar-refractivity contribution >= 4 is 28.4 Å². The standard InChI is InChI=1S/C30H34ClFN4O3/c1-4-6-23(20-8-10-21(11-9-20)30(39)34-14-13-26(37)38)27(18(3)7-12-22(31)5-2)29-24-15-19(17-33)16-25(32)28(24)35-36-29/h7-12,15-16,23,26-27,37-38H,4-6,13-14H2,1-3H3,(H,34,39)(H,35,36)/b18-7+,22-12+. The number of carbonyl (C=O) groups is 1. The fourth-order valence-electron chi connectivity index (χ4n) is 4.72. The Balaban J connectivity index is 2.09. The Labute approximate surface area is 233 Å². The van der Waals surface area contributed by atoms with Crippen molar-refractivity contribution in [3.05, 3.63) is 87.4 Å². The van der Waals surface area contributed by atoms with Gasteiger partial charge in [0.2, 0.25) is 0 Å². The van der Waals surface area contributed by atoms with Crippen molar-refractivity contribution in [1.82, 2.24) is 15.5 Å². The smallest absolute Gasteiger partial charge is 0.251 e. The van der Waals surface area contributed by atoms with E-state index in [0.29, 0.717) is 28.1 Å². The number of halogens is 2. The van der Waals surface area contributed by atoms with Crippen LogP contribution in [0.5, 0.6) is 0 Å². The molecule has 2 unspecified atom stereocenters. The van der Waals surface area contributed by atoms with Crippen molar-refractivity contribution in [1.29, 1.82) is 5.26 Å². The van der Waals surface area contributed by atoms with Crippen LogP contribution in [0, 0.1) is 17.1 Å². The molecule has 3 aromatic rings. The van der Waals surface area contributed by atoms with Crippen molar-refractivity contribution in [2.75, 3.05) is 6.54 Å². The third-order valence-electron chi connectivity index (χ3n) is 6.73. The van der Waals surface area contributed by atoms with Crippen molar-refractivity contribution in [2.45, 2.75) is 64.6 Å². The molecule has 0 aliphatic carbocycles. The van der Waals surface area contributed by atoms with Crippen LogP contribution >= 0.6 is 11.6 Å².